The third-order valence-electron chi connectivity index (χ3n) is 5.34. The van der Waals surface area contributed by atoms with Gasteiger partial charge in [-0.05, 0) is 68.1 Å². The molecule has 1 fully saturated rings. The molecule has 1 aliphatic rings. The summed E-state index contributed by atoms with van der Waals surface area (Å²) in [6.07, 6.45) is 2.93. The second-order valence-electron chi connectivity index (χ2n) is 7.37. The monoisotopic (exact) mass is 382 g/mol. The molecule has 4 rings (SSSR count). The standard InChI is InChI=1S/C21H23FN4O2/c22-17-7-5-15(6-8-17)13-16-9-11-25(12-10-16)14-20(27)24-26-19-4-2-1-3-18(19)23-21(26)28/h1-8,16H,9-14H2,(H,23,28)(H,24,27). The molecule has 7 heteroatoms. The van der Waals surface area contributed by atoms with E-state index >= 15 is 0 Å². The molecule has 1 saturated heterocycles. The summed E-state index contributed by atoms with van der Waals surface area (Å²) in [5, 5.41) is 0. The molecule has 0 aliphatic carbocycles. The topological polar surface area (TPSA) is 70.1 Å². The molecule has 3 aromatic rings. The van der Waals surface area contributed by atoms with E-state index in [4.69, 9.17) is 0 Å². The van der Waals surface area contributed by atoms with Gasteiger partial charge in [0.25, 0.3) is 5.91 Å². The third-order valence-corrected chi connectivity index (χ3v) is 5.34. The number of hydrogen-bond acceptors (Lipinski definition) is 3. The van der Waals surface area contributed by atoms with Crippen LogP contribution in [0.4, 0.5) is 4.39 Å². The fraction of sp³-hybridized carbons (Fsp3) is 0.333. The van der Waals surface area contributed by atoms with Crippen LogP contribution in [0, 0.1) is 11.7 Å². The Morgan fingerprint density at radius 2 is 1.82 bits per heavy atom. The number of piperidine rings is 1. The lowest BCUT2D eigenvalue weighted by molar-refractivity contribution is -0.118. The highest BCUT2D eigenvalue weighted by Crippen LogP contribution is 2.21. The van der Waals surface area contributed by atoms with E-state index in [0.717, 1.165) is 37.9 Å². The second-order valence-corrected chi connectivity index (χ2v) is 7.37. The largest absolute Gasteiger partial charge is 0.345 e. The molecule has 0 bridgehead atoms. The molecule has 0 radical (unpaired) electrons. The van der Waals surface area contributed by atoms with Crippen LogP contribution in [-0.2, 0) is 11.2 Å². The molecule has 2 aromatic carbocycles. The van der Waals surface area contributed by atoms with Crippen molar-refractivity contribution in [2.24, 2.45) is 5.92 Å². The van der Waals surface area contributed by atoms with Crippen LogP contribution in [0.3, 0.4) is 0 Å². The molecule has 0 spiro atoms. The van der Waals surface area contributed by atoms with Crippen LogP contribution >= 0.6 is 0 Å². The van der Waals surface area contributed by atoms with E-state index in [1.807, 2.05) is 24.3 Å². The van der Waals surface area contributed by atoms with Crippen LogP contribution in [0.25, 0.3) is 11.0 Å². The zero-order valence-electron chi connectivity index (χ0n) is 15.5. The van der Waals surface area contributed by atoms with Crippen molar-refractivity contribution in [3.05, 3.63) is 70.4 Å². The van der Waals surface area contributed by atoms with Crippen LogP contribution in [0.15, 0.2) is 53.3 Å². The Balaban J connectivity index is 1.29. The predicted molar refractivity (Wildman–Crippen MR) is 106 cm³/mol. The van der Waals surface area contributed by atoms with Crippen molar-refractivity contribution in [2.45, 2.75) is 19.3 Å². The van der Waals surface area contributed by atoms with Gasteiger partial charge in [0.05, 0.1) is 17.6 Å². The van der Waals surface area contributed by atoms with Gasteiger partial charge in [-0.2, -0.15) is 0 Å². The number of para-hydroxylation sites is 2. The minimum absolute atomic E-state index is 0.205. The summed E-state index contributed by atoms with van der Waals surface area (Å²) in [6.45, 7) is 1.93. The summed E-state index contributed by atoms with van der Waals surface area (Å²) in [4.78, 5) is 29.3. The number of imidazole rings is 1. The van der Waals surface area contributed by atoms with Crippen molar-refractivity contribution < 1.29 is 9.18 Å². The zero-order chi connectivity index (χ0) is 19.5. The van der Waals surface area contributed by atoms with Gasteiger partial charge >= 0.3 is 5.69 Å². The highest BCUT2D eigenvalue weighted by atomic mass is 19.1. The lowest BCUT2D eigenvalue weighted by Gasteiger charge is -2.31. The molecule has 0 unspecified atom stereocenters. The number of H-pyrrole nitrogens is 1. The average Bonchev–Trinajstić information content (AvgIpc) is 3.00. The highest BCUT2D eigenvalue weighted by Gasteiger charge is 2.21. The number of carbonyl (C=O) groups excluding carboxylic acids is 1. The first-order valence-corrected chi connectivity index (χ1v) is 9.55. The number of aromatic nitrogens is 2. The Labute approximate surface area is 161 Å². The van der Waals surface area contributed by atoms with E-state index in [2.05, 4.69) is 15.3 Å². The molecule has 2 N–H and O–H groups in total. The minimum atomic E-state index is -0.354. The van der Waals surface area contributed by atoms with Crippen LogP contribution in [0.5, 0.6) is 0 Å². The molecule has 1 aromatic heterocycles. The summed E-state index contributed by atoms with van der Waals surface area (Å²) >= 11 is 0. The van der Waals surface area contributed by atoms with Gasteiger partial charge in [0, 0.05) is 0 Å². The Morgan fingerprint density at radius 3 is 2.57 bits per heavy atom. The first-order valence-electron chi connectivity index (χ1n) is 9.55. The maximum absolute atomic E-state index is 13.0. The third kappa shape index (κ3) is 4.14. The number of likely N-dealkylation sites (tertiary alicyclic amines) is 1. The van der Waals surface area contributed by atoms with Crippen molar-refractivity contribution in [1.29, 1.82) is 0 Å². The van der Waals surface area contributed by atoms with E-state index in [1.165, 1.54) is 16.8 Å². The smallest absolute Gasteiger partial charge is 0.304 e. The van der Waals surface area contributed by atoms with E-state index in [9.17, 15) is 14.0 Å². The maximum Gasteiger partial charge on any atom is 0.345 e. The van der Waals surface area contributed by atoms with Crippen molar-refractivity contribution >= 4 is 16.9 Å². The Hall–Kier alpha value is -2.93. The summed E-state index contributed by atoms with van der Waals surface area (Å²) < 4.78 is 14.3. The number of fused-ring (bicyclic) bond motifs is 1. The zero-order valence-corrected chi connectivity index (χ0v) is 15.5. The normalized spacial score (nSPS) is 15.8. The molecule has 1 aliphatic heterocycles. The summed E-state index contributed by atoms with van der Waals surface area (Å²) in [7, 11) is 0. The number of hydrogen-bond donors (Lipinski definition) is 2. The first kappa shape index (κ1) is 18.4. The number of carbonyl (C=O) groups is 1. The molecule has 146 valence electrons. The summed E-state index contributed by atoms with van der Waals surface area (Å²) in [5.41, 5.74) is 4.83. The average molecular weight is 382 g/mol. The van der Waals surface area contributed by atoms with Gasteiger partial charge < -0.3 is 4.98 Å². The fourth-order valence-corrected chi connectivity index (χ4v) is 3.83. The number of halogens is 1. The SMILES string of the molecule is O=C(CN1CCC(Cc2ccc(F)cc2)CC1)Nn1c(=O)[nH]c2ccccc21. The second kappa shape index (κ2) is 7.98. The van der Waals surface area contributed by atoms with Crippen molar-refractivity contribution in [2.75, 3.05) is 25.1 Å². The molecule has 6 nitrogen and oxygen atoms in total. The number of amides is 1. The summed E-state index contributed by atoms with van der Waals surface area (Å²) in [5.74, 6) is 0.128. The van der Waals surface area contributed by atoms with Crippen LogP contribution in [0.1, 0.15) is 18.4 Å². The minimum Gasteiger partial charge on any atom is -0.304 e. The van der Waals surface area contributed by atoms with E-state index < -0.39 is 0 Å². The van der Waals surface area contributed by atoms with Crippen LogP contribution in [0.2, 0.25) is 0 Å². The fourth-order valence-electron chi connectivity index (χ4n) is 3.83. The van der Waals surface area contributed by atoms with E-state index in [0.29, 0.717) is 17.0 Å². The van der Waals surface area contributed by atoms with Gasteiger partial charge in [0.2, 0.25) is 0 Å². The van der Waals surface area contributed by atoms with Gasteiger partial charge in [-0.15, -0.1) is 0 Å². The number of nitrogens with zero attached hydrogens (tertiary/aromatic N) is 2. The maximum atomic E-state index is 13.0. The van der Waals surface area contributed by atoms with Crippen molar-refractivity contribution in [1.82, 2.24) is 14.6 Å². The molecular weight excluding hydrogens is 359 g/mol. The van der Waals surface area contributed by atoms with Gasteiger partial charge in [0.15, 0.2) is 0 Å². The quantitative estimate of drug-likeness (QED) is 0.712. The summed E-state index contributed by atoms with van der Waals surface area (Å²) in [6, 6.07) is 13.9. The molecule has 2 heterocycles. The van der Waals surface area contributed by atoms with E-state index in [-0.39, 0.29) is 24.0 Å². The number of rotatable bonds is 5. The van der Waals surface area contributed by atoms with Crippen LogP contribution in [-0.4, -0.2) is 40.1 Å². The Morgan fingerprint density at radius 1 is 1.11 bits per heavy atom. The molecule has 28 heavy (non-hydrogen) atoms. The molecule has 0 atom stereocenters. The predicted octanol–water partition coefficient (Wildman–Crippen LogP) is 2.49. The molecule has 1 amide bonds. The Bertz CT molecular complexity index is 1020. The Kier molecular flexibility index (Phi) is 5.25. The molecular formula is C21H23FN4O2. The van der Waals surface area contributed by atoms with Gasteiger partial charge in [-0.3, -0.25) is 15.1 Å². The van der Waals surface area contributed by atoms with Crippen LogP contribution < -0.4 is 11.1 Å². The van der Waals surface area contributed by atoms with Gasteiger partial charge in [-0.1, -0.05) is 24.3 Å². The first-order chi connectivity index (χ1) is 13.6. The van der Waals surface area contributed by atoms with E-state index in [1.54, 1.807) is 12.1 Å². The van der Waals surface area contributed by atoms with Gasteiger partial charge in [-0.25, -0.2) is 13.9 Å². The lowest BCUT2D eigenvalue weighted by Crippen LogP contribution is -2.42. The number of aromatic amines is 1. The van der Waals surface area contributed by atoms with Crippen molar-refractivity contribution in [3.63, 3.8) is 0 Å². The highest BCUT2D eigenvalue weighted by molar-refractivity contribution is 5.87. The number of nitrogens with one attached hydrogen (secondary N) is 2. The lowest BCUT2D eigenvalue weighted by atomic mass is 9.90. The van der Waals surface area contributed by atoms with Crippen molar-refractivity contribution in [3.8, 4) is 0 Å². The molecule has 0 saturated carbocycles. The number of benzene rings is 2. The van der Waals surface area contributed by atoms with Gasteiger partial charge in [0.1, 0.15) is 5.82 Å².